The molecule has 0 atom stereocenters. The molecule has 0 amide bonds. The maximum atomic E-state index is 14.9. The summed E-state index contributed by atoms with van der Waals surface area (Å²) in [5.41, 5.74) is 3.32. The van der Waals surface area contributed by atoms with Crippen molar-refractivity contribution in [2.45, 2.75) is 183 Å². The minimum Gasteiger partial charge on any atom is -0.507 e. The third kappa shape index (κ3) is 14.8. The van der Waals surface area contributed by atoms with E-state index in [9.17, 15) is 29.7 Å². The summed E-state index contributed by atoms with van der Waals surface area (Å²) < 4.78 is 3.44. The molecule has 0 unspecified atom stereocenters. The van der Waals surface area contributed by atoms with Crippen molar-refractivity contribution in [2.24, 2.45) is 32.5 Å². The summed E-state index contributed by atoms with van der Waals surface area (Å²) in [4.78, 5) is 44.6. The van der Waals surface area contributed by atoms with Crippen molar-refractivity contribution in [3.05, 3.63) is 118 Å². The Labute approximate surface area is 378 Å². The number of hydrogen-bond acceptors (Lipinski definition) is 6. The third-order valence-corrected chi connectivity index (χ3v) is 10.7. The first kappa shape index (κ1) is 51.1. The molecular weight excluding hydrogens is 787 g/mol. The number of hydrogen-bond donors (Lipinski definition) is 3. The molecule has 9 nitrogen and oxygen atoms in total. The molecule has 4 aromatic rings. The topological polar surface area (TPSA) is 127 Å². The van der Waals surface area contributed by atoms with Crippen LogP contribution < -0.4 is 17.1 Å². The molecule has 348 valence electrons. The van der Waals surface area contributed by atoms with Gasteiger partial charge in [0, 0.05) is 0 Å². The maximum Gasteiger partial charge on any atom is 0.336 e. The number of benzene rings is 3. The number of rotatable bonds is 12. The predicted octanol–water partition coefficient (Wildman–Crippen LogP) is 11.0. The van der Waals surface area contributed by atoms with Crippen molar-refractivity contribution < 1.29 is 15.3 Å². The molecule has 0 fully saturated rings. The van der Waals surface area contributed by atoms with Crippen LogP contribution in [0.4, 0.5) is 0 Å². The highest BCUT2D eigenvalue weighted by Gasteiger charge is 2.26. The van der Waals surface area contributed by atoms with Gasteiger partial charge in [-0.2, -0.15) is 0 Å². The fraction of sp³-hybridized carbons (Fsp3) is 0.611. The lowest BCUT2D eigenvalue weighted by molar-refractivity contribution is 0.377. The number of phenols is 3. The van der Waals surface area contributed by atoms with E-state index in [-0.39, 0.29) is 69.4 Å². The first-order valence-electron chi connectivity index (χ1n) is 22.8. The summed E-state index contributed by atoms with van der Waals surface area (Å²) >= 11 is 0. The Morgan fingerprint density at radius 1 is 0.317 bits per heavy atom. The van der Waals surface area contributed by atoms with Gasteiger partial charge in [0.2, 0.25) is 0 Å². The number of aromatic nitrogens is 3. The maximum absolute atomic E-state index is 14.9. The van der Waals surface area contributed by atoms with Crippen molar-refractivity contribution in [3.63, 3.8) is 0 Å². The number of aromatic hydroxyl groups is 3. The Morgan fingerprint density at radius 3 is 0.587 bits per heavy atom. The molecule has 0 saturated heterocycles. The predicted molar refractivity (Wildman–Crippen MR) is 260 cm³/mol. The lowest BCUT2D eigenvalue weighted by atomic mass is 9.83. The smallest absolute Gasteiger partial charge is 0.336 e. The molecule has 0 aliphatic rings. The van der Waals surface area contributed by atoms with Gasteiger partial charge in [-0.3, -0.25) is 0 Å². The lowest BCUT2D eigenvalue weighted by Gasteiger charge is -2.25. The number of phenolic OH excluding ortho intramolecular Hbond substituents is 3. The van der Waals surface area contributed by atoms with Crippen LogP contribution in [-0.4, -0.2) is 29.0 Å². The largest absolute Gasteiger partial charge is 0.507 e. The minimum absolute atomic E-state index is 0.118. The van der Waals surface area contributed by atoms with Gasteiger partial charge in [0.05, 0.1) is 19.6 Å². The molecule has 4 rings (SSSR count). The van der Waals surface area contributed by atoms with Gasteiger partial charge < -0.3 is 15.3 Å². The summed E-state index contributed by atoms with van der Waals surface area (Å²) in [6.07, 6.45) is 3.45. The van der Waals surface area contributed by atoms with Crippen LogP contribution in [0.5, 0.6) is 17.2 Å². The standard InChI is InChI=1S/C54H81N3O6/c1-49(2,3)25-37-19-34(20-38(43(37)58)26-50(4,5)6)31-55-46(61)56(32-35-21-39(27-51(7,8)9)44(59)40(22-35)28-52(10,11)12)48(63)57(47(55)62)33-36-23-41(29-53(13,14)15)45(60)42(24-36)30-54(16,17)18/h19-24,58-60H,25-33H2,1-18H3. The molecule has 3 N–H and O–H groups in total. The molecule has 0 saturated carbocycles. The molecule has 0 aliphatic carbocycles. The van der Waals surface area contributed by atoms with E-state index in [4.69, 9.17) is 0 Å². The van der Waals surface area contributed by atoms with E-state index in [0.29, 0.717) is 55.2 Å². The molecule has 0 aliphatic heterocycles. The van der Waals surface area contributed by atoms with E-state index in [1.807, 2.05) is 36.4 Å². The lowest BCUT2D eigenvalue weighted by Crippen LogP contribution is -2.54. The van der Waals surface area contributed by atoms with Gasteiger partial charge in [0.25, 0.3) is 0 Å². The normalized spacial score (nSPS) is 13.2. The zero-order valence-electron chi connectivity index (χ0n) is 42.2. The second-order valence-electron chi connectivity index (χ2n) is 25.8. The van der Waals surface area contributed by atoms with Crippen LogP contribution >= 0.6 is 0 Å². The van der Waals surface area contributed by atoms with Gasteiger partial charge in [-0.25, -0.2) is 28.1 Å². The fourth-order valence-electron chi connectivity index (χ4n) is 8.64. The second-order valence-corrected chi connectivity index (χ2v) is 25.8. The zero-order valence-corrected chi connectivity index (χ0v) is 42.2. The Morgan fingerprint density at radius 2 is 0.460 bits per heavy atom. The molecular formula is C54H81N3O6. The summed E-state index contributed by atoms with van der Waals surface area (Å²) in [6.45, 7) is 37.5. The third-order valence-electron chi connectivity index (χ3n) is 10.7. The van der Waals surface area contributed by atoms with Crippen molar-refractivity contribution in [1.29, 1.82) is 0 Å². The van der Waals surface area contributed by atoms with Crippen LogP contribution in [0.3, 0.4) is 0 Å². The first-order chi connectivity index (χ1) is 28.4. The summed E-state index contributed by atoms with van der Waals surface area (Å²) in [5.74, 6) is 0.687. The highest BCUT2D eigenvalue weighted by molar-refractivity contribution is 5.47. The van der Waals surface area contributed by atoms with Gasteiger partial charge in [-0.05, 0) is 121 Å². The molecule has 1 heterocycles. The molecule has 3 aromatic carbocycles. The Balaban J connectivity index is 2.07. The Kier molecular flexibility index (Phi) is 14.7. The van der Waals surface area contributed by atoms with Crippen LogP contribution in [0.25, 0.3) is 0 Å². The van der Waals surface area contributed by atoms with Crippen molar-refractivity contribution >= 4 is 0 Å². The first-order valence-corrected chi connectivity index (χ1v) is 22.8. The number of nitrogens with zero attached hydrogens (tertiary/aromatic N) is 3. The monoisotopic (exact) mass is 868 g/mol. The second kappa shape index (κ2) is 18.2. The zero-order chi connectivity index (χ0) is 48.0. The quantitative estimate of drug-likeness (QED) is 0.130. The summed E-state index contributed by atoms with van der Waals surface area (Å²) in [5, 5.41) is 34.7. The SMILES string of the molecule is CC(C)(C)Cc1cc(Cn2c(=O)n(Cc3cc(CC(C)(C)C)c(O)c(CC(C)(C)C)c3)c(=O)n(Cc3cc(CC(C)(C)C)c(O)c(CC(C)(C)C)c3)c2=O)cc(CC(C)(C)C)c1O. The van der Waals surface area contributed by atoms with Crippen molar-refractivity contribution in [1.82, 2.24) is 13.7 Å². The minimum atomic E-state index is -0.737. The van der Waals surface area contributed by atoms with Crippen LogP contribution in [-0.2, 0) is 58.2 Å². The Bertz CT molecular complexity index is 2060. The summed E-state index contributed by atoms with van der Waals surface area (Å²) in [6, 6.07) is 11.3. The van der Waals surface area contributed by atoms with Gasteiger partial charge in [0.1, 0.15) is 17.2 Å². The van der Waals surface area contributed by atoms with Crippen LogP contribution in [0.2, 0.25) is 0 Å². The van der Waals surface area contributed by atoms with Gasteiger partial charge in [-0.15, -0.1) is 0 Å². The van der Waals surface area contributed by atoms with E-state index in [2.05, 4.69) is 125 Å². The van der Waals surface area contributed by atoms with E-state index >= 15 is 0 Å². The molecule has 9 heteroatoms. The fourth-order valence-corrected chi connectivity index (χ4v) is 8.64. The van der Waals surface area contributed by atoms with E-state index < -0.39 is 17.1 Å². The van der Waals surface area contributed by atoms with E-state index in [1.54, 1.807) is 0 Å². The summed E-state index contributed by atoms with van der Waals surface area (Å²) in [7, 11) is 0. The van der Waals surface area contributed by atoms with Gasteiger partial charge >= 0.3 is 17.1 Å². The molecule has 63 heavy (non-hydrogen) atoms. The van der Waals surface area contributed by atoms with E-state index in [0.717, 1.165) is 47.1 Å². The highest BCUT2D eigenvalue weighted by atomic mass is 16.3. The van der Waals surface area contributed by atoms with E-state index in [1.165, 1.54) is 0 Å². The molecule has 1 aromatic heterocycles. The highest BCUT2D eigenvalue weighted by Crippen LogP contribution is 2.37. The van der Waals surface area contributed by atoms with Crippen LogP contribution in [0.1, 0.15) is 175 Å². The molecule has 0 radical (unpaired) electrons. The van der Waals surface area contributed by atoms with Crippen molar-refractivity contribution in [3.8, 4) is 17.2 Å². The van der Waals surface area contributed by atoms with Crippen LogP contribution in [0, 0.1) is 32.5 Å². The Hall–Kier alpha value is -4.53. The molecule has 0 spiro atoms. The van der Waals surface area contributed by atoms with Crippen LogP contribution in [0.15, 0.2) is 50.8 Å². The van der Waals surface area contributed by atoms with Gasteiger partial charge in [-0.1, -0.05) is 161 Å². The average molecular weight is 868 g/mol. The molecule has 0 bridgehead atoms. The van der Waals surface area contributed by atoms with Gasteiger partial charge in [0.15, 0.2) is 0 Å². The van der Waals surface area contributed by atoms with Crippen molar-refractivity contribution in [2.75, 3.05) is 0 Å². The average Bonchev–Trinajstić information content (AvgIpc) is 3.05.